The van der Waals surface area contributed by atoms with Crippen molar-refractivity contribution in [3.63, 3.8) is 0 Å². The lowest BCUT2D eigenvalue weighted by atomic mass is 10.1. The van der Waals surface area contributed by atoms with Gasteiger partial charge in [0.05, 0.1) is 11.1 Å². The summed E-state index contributed by atoms with van der Waals surface area (Å²) >= 11 is 3.33. The van der Waals surface area contributed by atoms with Gasteiger partial charge in [-0.1, -0.05) is 48.5 Å². The number of carboxylic acid groups (broad SMARTS) is 1. The fraction of sp³-hybridized carbons (Fsp3) is 0. The molecule has 0 aliphatic rings. The quantitative estimate of drug-likeness (QED) is 0.466. The number of nitrogens with one attached hydrogen (secondary N) is 2. The molecular formula is C23H17BrN2O4. The first-order valence-electron chi connectivity index (χ1n) is 8.91. The lowest BCUT2D eigenvalue weighted by molar-refractivity contribution is -0.113. The third kappa shape index (κ3) is 5.42. The summed E-state index contributed by atoms with van der Waals surface area (Å²) in [5.41, 5.74) is 1.45. The van der Waals surface area contributed by atoms with Gasteiger partial charge in [0.15, 0.2) is 0 Å². The monoisotopic (exact) mass is 464 g/mol. The van der Waals surface area contributed by atoms with Gasteiger partial charge in [0.25, 0.3) is 11.8 Å². The van der Waals surface area contributed by atoms with Gasteiger partial charge in [-0.2, -0.15) is 0 Å². The fourth-order valence-electron chi connectivity index (χ4n) is 2.64. The fourth-order valence-corrected chi connectivity index (χ4v) is 3.10. The van der Waals surface area contributed by atoms with E-state index in [4.69, 9.17) is 5.11 Å². The van der Waals surface area contributed by atoms with Crippen molar-refractivity contribution >= 4 is 45.5 Å². The minimum Gasteiger partial charge on any atom is -0.478 e. The van der Waals surface area contributed by atoms with E-state index in [9.17, 15) is 14.4 Å². The van der Waals surface area contributed by atoms with Crippen molar-refractivity contribution in [3.05, 3.63) is 106 Å². The maximum atomic E-state index is 12.9. The normalized spacial score (nSPS) is 10.9. The van der Waals surface area contributed by atoms with E-state index in [0.29, 0.717) is 15.7 Å². The highest BCUT2D eigenvalue weighted by Gasteiger charge is 2.17. The number of halogens is 1. The zero-order valence-electron chi connectivity index (χ0n) is 15.6. The van der Waals surface area contributed by atoms with Crippen molar-refractivity contribution < 1.29 is 19.5 Å². The number of aromatic carboxylic acids is 1. The average Bonchev–Trinajstić information content (AvgIpc) is 2.74. The van der Waals surface area contributed by atoms with Crippen LogP contribution in [0.4, 0.5) is 5.69 Å². The number of hydrogen-bond acceptors (Lipinski definition) is 3. The minimum atomic E-state index is -1.10. The van der Waals surface area contributed by atoms with Crippen molar-refractivity contribution in [2.75, 3.05) is 5.32 Å². The predicted molar refractivity (Wildman–Crippen MR) is 118 cm³/mol. The summed E-state index contributed by atoms with van der Waals surface area (Å²) in [5, 5.41) is 14.4. The Morgan fingerprint density at radius 2 is 1.57 bits per heavy atom. The molecule has 6 nitrogen and oxygen atoms in total. The summed E-state index contributed by atoms with van der Waals surface area (Å²) in [6.45, 7) is 0. The zero-order valence-corrected chi connectivity index (χ0v) is 17.2. The van der Waals surface area contributed by atoms with Crippen LogP contribution in [0.2, 0.25) is 0 Å². The van der Waals surface area contributed by atoms with Gasteiger partial charge in [0, 0.05) is 10.2 Å². The van der Waals surface area contributed by atoms with Crippen LogP contribution < -0.4 is 10.6 Å². The number of carbonyl (C=O) groups is 3. The standard InChI is InChI=1S/C23H17BrN2O4/c24-19-12-5-4-11-18(19)21(27)26-20(13-15-7-2-1-3-8-15)22(28)25-17-10-6-9-16(14-17)23(29)30/h1-14H,(H,25,28)(H,26,27)(H,29,30). The van der Waals surface area contributed by atoms with Gasteiger partial charge in [-0.3, -0.25) is 9.59 Å². The molecular weight excluding hydrogens is 448 g/mol. The van der Waals surface area contributed by atoms with Gasteiger partial charge < -0.3 is 15.7 Å². The molecule has 0 saturated heterocycles. The van der Waals surface area contributed by atoms with E-state index >= 15 is 0 Å². The molecule has 30 heavy (non-hydrogen) atoms. The molecule has 7 heteroatoms. The Morgan fingerprint density at radius 1 is 0.867 bits per heavy atom. The summed E-state index contributed by atoms with van der Waals surface area (Å²) in [5.74, 6) is -2.14. The van der Waals surface area contributed by atoms with Crippen LogP contribution in [0.25, 0.3) is 6.08 Å². The van der Waals surface area contributed by atoms with Crippen LogP contribution >= 0.6 is 15.9 Å². The molecule has 0 atom stereocenters. The highest BCUT2D eigenvalue weighted by atomic mass is 79.9. The molecule has 3 aromatic carbocycles. The Labute approximate surface area is 181 Å². The summed E-state index contributed by atoms with van der Waals surface area (Å²) < 4.78 is 0.594. The molecule has 0 radical (unpaired) electrons. The Balaban J connectivity index is 1.89. The summed E-state index contributed by atoms with van der Waals surface area (Å²) in [7, 11) is 0. The number of anilines is 1. The molecule has 0 saturated carbocycles. The lowest BCUT2D eigenvalue weighted by Crippen LogP contribution is -2.31. The molecule has 0 bridgehead atoms. The molecule has 0 spiro atoms. The van der Waals surface area contributed by atoms with Gasteiger partial charge in [0.2, 0.25) is 0 Å². The smallest absolute Gasteiger partial charge is 0.335 e. The minimum absolute atomic E-state index is 0.0164. The molecule has 0 heterocycles. The van der Waals surface area contributed by atoms with Crippen LogP contribution in [0.1, 0.15) is 26.3 Å². The largest absolute Gasteiger partial charge is 0.478 e. The molecule has 3 aromatic rings. The second-order valence-corrected chi connectivity index (χ2v) is 7.10. The Hall–Kier alpha value is -3.71. The third-order valence-corrected chi connectivity index (χ3v) is 4.78. The number of carboxylic acids is 1. The Bertz CT molecular complexity index is 1130. The molecule has 3 N–H and O–H groups in total. The first-order chi connectivity index (χ1) is 14.4. The van der Waals surface area contributed by atoms with Crippen molar-refractivity contribution in [3.8, 4) is 0 Å². The number of carbonyl (C=O) groups excluding carboxylic acids is 2. The van der Waals surface area contributed by atoms with Crippen molar-refractivity contribution in [1.29, 1.82) is 0 Å². The number of benzene rings is 3. The van der Waals surface area contributed by atoms with Crippen LogP contribution in [0.5, 0.6) is 0 Å². The van der Waals surface area contributed by atoms with E-state index in [1.807, 2.05) is 18.2 Å². The maximum absolute atomic E-state index is 12.9. The third-order valence-electron chi connectivity index (χ3n) is 4.09. The van der Waals surface area contributed by atoms with Gasteiger partial charge in [-0.15, -0.1) is 0 Å². The van der Waals surface area contributed by atoms with E-state index in [1.54, 1.807) is 48.5 Å². The second-order valence-electron chi connectivity index (χ2n) is 6.24. The van der Waals surface area contributed by atoms with Crippen LogP contribution in [0.3, 0.4) is 0 Å². The van der Waals surface area contributed by atoms with Crippen molar-refractivity contribution in [1.82, 2.24) is 5.32 Å². The molecule has 0 aliphatic heterocycles. The first-order valence-corrected chi connectivity index (χ1v) is 9.70. The predicted octanol–water partition coefficient (Wildman–Crippen LogP) is 4.56. The van der Waals surface area contributed by atoms with E-state index < -0.39 is 17.8 Å². The van der Waals surface area contributed by atoms with Crippen LogP contribution in [0, 0.1) is 0 Å². The van der Waals surface area contributed by atoms with Gasteiger partial charge >= 0.3 is 5.97 Å². The summed E-state index contributed by atoms with van der Waals surface area (Å²) in [6.07, 6.45) is 1.55. The van der Waals surface area contributed by atoms with Crippen LogP contribution in [0.15, 0.2) is 89.0 Å². The summed E-state index contributed by atoms with van der Waals surface area (Å²) in [4.78, 5) is 36.8. The highest BCUT2D eigenvalue weighted by molar-refractivity contribution is 9.10. The topological polar surface area (TPSA) is 95.5 Å². The molecule has 0 fully saturated rings. The second kappa shape index (κ2) is 9.67. The van der Waals surface area contributed by atoms with E-state index in [-0.39, 0.29) is 11.3 Å². The average molecular weight is 465 g/mol. The van der Waals surface area contributed by atoms with E-state index in [1.165, 1.54) is 18.2 Å². The SMILES string of the molecule is O=C(Nc1cccc(C(=O)O)c1)C(=Cc1ccccc1)NC(=O)c1ccccc1Br. The van der Waals surface area contributed by atoms with Crippen LogP contribution in [-0.4, -0.2) is 22.9 Å². The van der Waals surface area contributed by atoms with Crippen molar-refractivity contribution in [2.45, 2.75) is 0 Å². The Morgan fingerprint density at radius 3 is 2.27 bits per heavy atom. The molecule has 0 aliphatic carbocycles. The first kappa shape index (κ1) is 21.0. The molecule has 0 unspecified atom stereocenters. The van der Waals surface area contributed by atoms with Crippen molar-refractivity contribution in [2.24, 2.45) is 0 Å². The number of hydrogen-bond donors (Lipinski definition) is 3. The van der Waals surface area contributed by atoms with E-state index in [0.717, 1.165) is 5.56 Å². The van der Waals surface area contributed by atoms with Gasteiger partial charge in [-0.25, -0.2) is 4.79 Å². The molecule has 0 aromatic heterocycles. The van der Waals surface area contributed by atoms with Gasteiger partial charge in [-0.05, 0) is 57.9 Å². The van der Waals surface area contributed by atoms with E-state index in [2.05, 4.69) is 26.6 Å². The van der Waals surface area contributed by atoms with Crippen LogP contribution in [-0.2, 0) is 4.79 Å². The molecule has 2 amide bonds. The zero-order chi connectivity index (χ0) is 21.5. The molecule has 150 valence electrons. The maximum Gasteiger partial charge on any atom is 0.335 e. The Kier molecular flexibility index (Phi) is 6.77. The van der Waals surface area contributed by atoms with Gasteiger partial charge in [0.1, 0.15) is 5.70 Å². The molecule has 3 rings (SSSR count). The lowest BCUT2D eigenvalue weighted by Gasteiger charge is -2.12. The number of amides is 2. The number of rotatable bonds is 6. The summed E-state index contributed by atoms with van der Waals surface area (Å²) in [6, 6.07) is 21.8. The highest BCUT2D eigenvalue weighted by Crippen LogP contribution is 2.17.